The lowest BCUT2D eigenvalue weighted by Crippen LogP contribution is -2.41. The Morgan fingerprint density at radius 1 is 1.29 bits per heavy atom. The zero-order valence-electron chi connectivity index (χ0n) is 11.5. The van der Waals surface area contributed by atoms with Crippen LogP contribution < -0.4 is 11.1 Å². The molecular weight excluding hydrogens is 212 g/mol. The largest absolute Gasteiger partial charge is 0.353 e. The number of nitrogens with two attached hydrogens (primary N) is 1. The molecule has 0 radical (unpaired) electrons. The Morgan fingerprint density at radius 3 is 2.35 bits per heavy atom. The summed E-state index contributed by atoms with van der Waals surface area (Å²) in [5.41, 5.74) is 5.86. The molecule has 17 heavy (non-hydrogen) atoms. The second-order valence-corrected chi connectivity index (χ2v) is 5.80. The smallest absolute Gasteiger partial charge is 0.220 e. The van der Waals surface area contributed by atoms with Crippen LogP contribution in [0.2, 0.25) is 0 Å². The number of amides is 1. The van der Waals surface area contributed by atoms with Crippen LogP contribution in [0.25, 0.3) is 0 Å². The molecule has 1 saturated carbocycles. The van der Waals surface area contributed by atoms with Gasteiger partial charge in [0.1, 0.15) is 0 Å². The zero-order chi connectivity index (χ0) is 12.8. The van der Waals surface area contributed by atoms with E-state index in [1.807, 2.05) is 0 Å². The summed E-state index contributed by atoms with van der Waals surface area (Å²) < 4.78 is 0. The summed E-state index contributed by atoms with van der Waals surface area (Å²) in [6, 6.07) is 0.717. The third-order valence-corrected chi connectivity index (χ3v) is 4.05. The third kappa shape index (κ3) is 5.07. The minimum absolute atomic E-state index is 0.228. The molecule has 0 aliphatic heterocycles. The van der Waals surface area contributed by atoms with Crippen LogP contribution in [-0.2, 0) is 4.79 Å². The van der Waals surface area contributed by atoms with Gasteiger partial charge in [-0.2, -0.15) is 0 Å². The van der Waals surface area contributed by atoms with Crippen molar-refractivity contribution in [1.29, 1.82) is 0 Å². The first kappa shape index (κ1) is 14.5. The van der Waals surface area contributed by atoms with Crippen molar-refractivity contribution in [2.24, 2.45) is 17.6 Å². The van der Waals surface area contributed by atoms with Crippen molar-refractivity contribution in [2.75, 3.05) is 0 Å². The fraction of sp³-hybridized carbons (Fsp3) is 0.929. The summed E-state index contributed by atoms with van der Waals surface area (Å²) in [4.78, 5) is 11.9. The molecule has 0 aromatic rings. The molecule has 1 aliphatic rings. The fourth-order valence-corrected chi connectivity index (χ4v) is 2.64. The Labute approximate surface area is 106 Å². The lowest BCUT2D eigenvalue weighted by atomic mass is 9.88. The van der Waals surface area contributed by atoms with Crippen molar-refractivity contribution in [1.82, 2.24) is 5.32 Å². The van der Waals surface area contributed by atoms with E-state index in [1.54, 1.807) is 0 Å². The Bertz CT molecular complexity index is 232. The zero-order valence-corrected chi connectivity index (χ0v) is 11.5. The molecular formula is C14H28N2O. The van der Waals surface area contributed by atoms with Crippen molar-refractivity contribution in [3.05, 3.63) is 0 Å². The summed E-state index contributed by atoms with van der Waals surface area (Å²) in [7, 11) is 0. The maximum absolute atomic E-state index is 11.9. The molecule has 0 aromatic carbocycles. The highest BCUT2D eigenvalue weighted by molar-refractivity contribution is 5.76. The molecule has 0 aromatic heterocycles. The minimum atomic E-state index is 0.228. The Hall–Kier alpha value is -0.570. The molecule has 1 rings (SSSR count). The topological polar surface area (TPSA) is 55.1 Å². The van der Waals surface area contributed by atoms with Crippen LogP contribution in [0.1, 0.15) is 59.3 Å². The molecule has 1 amide bonds. The number of carbonyl (C=O) groups is 1. The van der Waals surface area contributed by atoms with E-state index in [0.29, 0.717) is 30.3 Å². The predicted molar refractivity (Wildman–Crippen MR) is 71.6 cm³/mol. The first-order chi connectivity index (χ1) is 8.02. The van der Waals surface area contributed by atoms with E-state index in [4.69, 9.17) is 5.73 Å². The van der Waals surface area contributed by atoms with E-state index >= 15 is 0 Å². The van der Waals surface area contributed by atoms with Gasteiger partial charge in [-0.3, -0.25) is 4.79 Å². The van der Waals surface area contributed by atoms with Gasteiger partial charge < -0.3 is 11.1 Å². The van der Waals surface area contributed by atoms with Crippen LogP contribution in [0.5, 0.6) is 0 Å². The van der Waals surface area contributed by atoms with E-state index < -0.39 is 0 Å². The monoisotopic (exact) mass is 240 g/mol. The average Bonchev–Trinajstić information content (AvgIpc) is 2.28. The summed E-state index contributed by atoms with van der Waals surface area (Å²) in [5.74, 6) is 1.33. The van der Waals surface area contributed by atoms with Crippen LogP contribution in [0.4, 0.5) is 0 Å². The number of rotatable bonds is 5. The van der Waals surface area contributed by atoms with E-state index in [2.05, 4.69) is 26.1 Å². The Kier molecular flexibility index (Phi) is 5.96. The first-order valence-electron chi connectivity index (χ1n) is 7.07. The van der Waals surface area contributed by atoms with Gasteiger partial charge >= 0.3 is 0 Å². The number of hydrogen-bond acceptors (Lipinski definition) is 2. The number of hydrogen-bond donors (Lipinski definition) is 2. The third-order valence-electron chi connectivity index (χ3n) is 4.05. The molecule has 1 unspecified atom stereocenters. The maximum Gasteiger partial charge on any atom is 0.220 e. The molecule has 3 nitrogen and oxygen atoms in total. The highest BCUT2D eigenvalue weighted by Crippen LogP contribution is 2.20. The van der Waals surface area contributed by atoms with Gasteiger partial charge in [0.25, 0.3) is 0 Å². The lowest BCUT2D eigenvalue weighted by molar-refractivity contribution is -0.123. The number of nitrogens with one attached hydrogen (secondary N) is 1. The fourth-order valence-electron chi connectivity index (χ4n) is 2.64. The molecule has 0 bridgehead atoms. The van der Waals surface area contributed by atoms with E-state index in [-0.39, 0.29) is 5.91 Å². The standard InChI is InChI=1S/C14H28N2O/c1-4-11(10(2)3)9-14(17)16-13-7-5-12(15)6-8-13/h10-13H,4-9,15H2,1-3H3,(H,16,17). The van der Waals surface area contributed by atoms with Crippen molar-refractivity contribution < 1.29 is 4.79 Å². The van der Waals surface area contributed by atoms with Gasteiger partial charge in [-0.15, -0.1) is 0 Å². The molecule has 0 saturated heterocycles. The molecule has 1 fully saturated rings. The van der Waals surface area contributed by atoms with Crippen molar-refractivity contribution >= 4 is 5.91 Å². The van der Waals surface area contributed by atoms with Crippen LogP contribution >= 0.6 is 0 Å². The molecule has 3 heteroatoms. The second kappa shape index (κ2) is 7.00. The summed E-state index contributed by atoms with van der Waals surface area (Å²) in [6.07, 6.45) is 5.95. The molecule has 1 aliphatic carbocycles. The first-order valence-corrected chi connectivity index (χ1v) is 7.07. The predicted octanol–water partition coefficient (Wildman–Crippen LogP) is 2.44. The highest BCUT2D eigenvalue weighted by Gasteiger charge is 2.22. The van der Waals surface area contributed by atoms with Gasteiger partial charge in [-0.1, -0.05) is 27.2 Å². The van der Waals surface area contributed by atoms with Gasteiger partial charge in [0, 0.05) is 18.5 Å². The molecule has 0 spiro atoms. The van der Waals surface area contributed by atoms with Crippen molar-refractivity contribution in [3.63, 3.8) is 0 Å². The van der Waals surface area contributed by atoms with Gasteiger partial charge in [0.15, 0.2) is 0 Å². The second-order valence-electron chi connectivity index (χ2n) is 5.80. The molecule has 100 valence electrons. The quantitative estimate of drug-likeness (QED) is 0.775. The number of carbonyl (C=O) groups excluding carboxylic acids is 1. The van der Waals surface area contributed by atoms with E-state index in [1.165, 1.54) is 0 Å². The molecule has 3 N–H and O–H groups in total. The van der Waals surface area contributed by atoms with Gasteiger partial charge in [-0.05, 0) is 37.5 Å². The molecule has 1 atom stereocenters. The molecule has 0 heterocycles. The van der Waals surface area contributed by atoms with Gasteiger partial charge in [0.2, 0.25) is 5.91 Å². The van der Waals surface area contributed by atoms with Crippen molar-refractivity contribution in [3.8, 4) is 0 Å². The summed E-state index contributed by atoms with van der Waals surface area (Å²) in [5, 5.41) is 3.16. The van der Waals surface area contributed by atoms with Crippen LogP contribution in [0.15, 0.2) is 0 Å². The van der Waals surface area contributed by atoms with E-state index in [0.717, 1.165) is 32.1 Å². The maximum atomic E-state index is 11.9. The Balaban J connectivity index is 2.29. The Morgan fingerprint density at radius 2 is 1.88 bits per heavy atom. The van der Waals surface area contributed by atoms with Crippen molar-refractivity contribution in [2.45, 2.75) is 71.4 Å². The van der Waals surface area contributed by atoms with E-state index in [9.17, 15) is 4.79 Å². The lowest BCUT2D eigenvalue weighted by Gasteiger charge is -2.28. The summed E-state index contributed by atoms with van der Waals surface area (Å²) >= 11 is 0. The highest BCUT2D eigenvalue weighted by atomic mass is 16.1. The SMILES string of the molecule is CCC(CC(=O)NC1CCC(N)CC1)C(C)C. The average molecular weight is 240 g/mol. The van der Waals surface area contributed by atoms with Crippen LogP contribution in [-0.4, -0.2) is 18.0 Å². The van der Waals surface area contributed by atoms with Crippen LogP contribution in [0.3, 0.4) is 0 Å². The van der Waals surface area contributed by atoms with Crippen LogP contribution in [0, 0.1) is 11.8 Å². The van der Waals surface area contributed by atoms with Gasteiger partial charge in [0.05, 0.1) is 0 Å². The summed E-state index contributed by atoms with van der Waals surface area (Å²) in [6.45, 7) is 6.56. The normalized spacial score (nSPS) is 26.9. The van der Waals surface area contributed by atoms with Gasteiger partial charge in [-0.25, -0.2) is 0 Å². The minimum Gasteiger partial charge on any atom is -0.353 e.